The molecule has 0 aliphatic carbocycles. The Hall–Kier alpha value is -1.30. The summed E-state index contributed by atoms with van der Waals surface area (Å²) in [5.41, 5.74) is -0.369. The average Bonchev–Trinajstić information content (AvgIpc) is 2.15. The third kappa shape index (κ3) is 2.59. The van der Waals surface area contributed by atoms with Gasteiger partial charge in [-0.15, -0.1) is 0 Å². The maximum atomic E-state index is 12.7. The van der Waals surface area contributed by atoms with Crippen molar-refractivity contribution in [1.82, 2.24) is 0 Å². The van der Waals surface area contributed by atoms with Gasteiger partial charge in [0, 0.05) is 5.75 Å². The molecule has 0 saturated heterocycles. The summed E-state index contributed by atoms with van der Waals surface area (Å²) >= 11 is 3.89. The summed E-state index contributed by atoms with van der Waals surface area (Å²) in [5, 5.41) is 10.5. The monoisotopic (exact) mass is 217 g/mol. The van der Waals surface area contributed by atoms with E-state index in [1.54, 1.807) is 0 Å². The number of nitrogens with zero attached hydrogens (tertiary/aromatic N) is 1. The van der Waals surface area contributed by atoms with Crippen LogP contribution in [0.2, 0.25) is 0 Å². The van der Waals surface area contributed by atoms with Crippen LogP contribution in [0.15, 0.2) is 18.2 Å². The minimum absolute atomic E-state index is 0.0606. The van der Waals surface area contributed by atoms with Crippen molar-refractivity contribution >= 4 is 18.3 Å². The molecule has 4 nitrogen and oxygen atoms in total. The lowest BCUT2D eigenvalue weighted by atomic mass is 10.3. The van der Waals surface area contributed by atoms with E-state index < -0.39 is 10.7 Å². The van der Waals surface area contributed by atoms with Gasteiger partial charge >= 0.3 is 5.69 Å². The van der Waals surface area contributed by atoms with E-state index in [4.69, 9.17) is 4.74 Å². The van der Waals surface area contributed by atoms with E-state index in [1.165, 1.54) is 6.07 Å². The molecule has 0 aliphatic heterocycles. The molecule has 0 fully saturated rings. The van der Waals surface area contributed by atoms with Gasteiger partial charge in [0.25, 0.3) is 0 Å². The Morgan fingerprint density at radius 3 is 2.86 bits per heavy atom. The highest BCUT2D eigenvalue weighted by Gasteiger charge is 2.15. The third-order valence-corrected chi connectivity index (χ3v) is 1.65. The Morgan fingerprint density at radius 1 is 1.57 bits per heavy atom. The zero-order valence-corrected chi connectivity index (χ0v) is 8.04. The summed E-state index contributed by atoms with van der Waals surface area (Å²) in [4.78, 5) is 9.79. The molecule has 14 heavy (non-hydrogen) atoms. The first-order chi connectivity index (χ1) is 6.65. The van der Waals surface area contributed by atoms with Gasteiger partial charge < -0.3 is 4.74 Å². The van der Waals surface area contributed by atoms with Crippen molar-refractivity contribution in [2.45, 2.75) is 0 Å². The van der Waals surface area contributed by atoms with Gasteiger partial charge in [0.15, 0.2) is 5.75 Å². The number of hydrogen-bond donors (Lipinski definition) is 1. The van der Waals surface area contributed by atoms with Crippen molar-refractivity contribution in [3.63, 3.8) is 0 Å². The van der Waals surface area contributed by atoms with Crippen LogP contribution in [0.4, 0.5) is 10.1 Å². The summed E-state index contributed by atoms with van der Waals surface area (Å²) in [6.45, 7) is 0.246. The molecule has 1 aromatic rings. The zero-order chi connectivity index (χ0) is 10.6. The molecule has 76 valence electrons. The first kappa shape index (κ1) is 10.8. The molecule has 0 unspecified atom stereocenters. The molecule has 0 saturated carbocycles. The average molecular weight is 217 g/mol. The summed E-state index contributed by atoms with van der Waals surface area (Å²) < 4.78 is 17.7. The van der Waals surface area contributed by atoms with Crippen LogP contribution in [0, 0.1) is 15.9 Å². The number of halogens is 1. The lowest BCUT2D eigenvalue weighted by Gasteiger charge is -2.04. The maximum Gasteiger partial charge on any atom is 0.313 e. The fourth-order valence-corrected chi connectivity index (χ4v) is 1.00. The number of rotatable bonds is 4. The second kappa shape index (κ2) is 4.80. The van der Waals surface area contributed by atoms with Crippen LogP contribution in [0.25, 0.3) is 0 Å². The van der Waals surface area contributed by atoms with Gasteiger partial charge in [-0.1, -0.05) is 0 Å². The standard InChI is InChI=1S/C8H8FNO3S/c9-6-1-2-8(13-3-4-14)7(5-6)10(11)12/h1-2,5,14H,3-4H2. The fourth-order valence-electron chi connectivity index (χ4n) is 0.911. The molecule has 0 aromatic heterocycles. The molecule has 0 radical (unpaired) electrons. The predicted octanol–water partition coefficient (Wildman–Crippen LogP) is 2.04. The summed E-state index contributed by atoms with van der Waals surface area (Å²) in [5.74, 6) is -0.158. The minimum atomic E-state index is -0.684. The van der Waals surface area contributed by atoms with E-state index in [9.17, 15) is 14.5 Å². The van der Waals surface area contributed by atoms with E-state index in [-0.39, 0.29) is 18.0 Å². The lowest BCUT2D eigenvalue weighted by molar-refractivity contribution is -0.386. The van der Waals surface area contributed by atoms with Gasteiger partial charge in [0.05, 0.1) is 17.6 Å². The van der Waals surface area contributed by atoms with Crippen molar-refractivity contribution < 1.29 is 14.1 Å². The molecular formula is C8H8FNO3S. The number of nitro benzene ring substituents is 1. The van der Waals surface area contributed by atoms with E-state index in [2.05, 4.69) is 12.6 Å². The smallest absolute Gasteiger partial charge is 0.313 e. The zero-order valence-electron chi connectivity index (χ0n) is 7.14. The Morgan fingerprint density at radius 2 is 2.29 bits per heavy atom. The van der Waals surface area contributed by atoms with Crippen LogP contribution >= 0.6 is 12.6 Å². The molecule has 0 atom stereocenters. The molecular weight excluding hydrogens is 209 g/mol. The number of benzene rings is 1. The number of ether oxygens (including phenoxy) is 1. The lowest BCUT2D eigenvalue weighted by Crippen LogP contribution is -2.01. The Kier molecular flexibility index (Phi) is 3.70. The van der Waals surface area contributed by atoms with Gasteiger partial charge in [-0.25, -0.2) is 4.39 Å². The first-order valence-electron chi connectivity index (χ1n) is 3.82. The van der Waals surface area contributed by atoms with Gasteiger partial charge in [-0.05, 0) is 12.1 Å². The van der Waals surface area contributed by atoms with Crippen molar-refractivity contribution in [1.29, 1.82) is 0 Å². The van der Waals surface area contributed by atoms with Crippen LogP contribution in [0.3, 0.4) is 0 Å². The van der Waals surface area contributed by atoms with E-state index in [0.29, 0.717) is 5.75 Å². The second-order valence-electron chi connectivity index (χ2n) is 2.44. The number of hydrogen-bond acceptors (Lipinski definition) is 4. The maximum absolute atomic E-state index is 12.7. The van der Waals surface area contributed by atoms with E-state index >= 15 is 0 Å². The van der Waals surface area contributed by atoms with Crippen LogP contribution in [0.5, 0.6) is 5.75 Å². The summed E-state index contributed by atoms with van der Waals surface area (Å²) in [7, 11) is 0. The van der Waals surface area contributed by atoms with Crippen LogP contribution in [-0.2, 0) is 0 Å². The molecule has 6 heteroatoms. The molecule has 0 spiro atoms. The van der Waals surface area contributed by atoms with Gasteiger partial charge in [-0.2, -0.15) is 12.6 Å². The molecule has 0 heterocycles. The van der Waals surface area contributed by atoms with Crippen LogP contribution < -0.4 is 4.74 Å². The van der Waals surface area contributed by atoms with Crippen molar-refractivity contribution in [2.75, 3.05) is 12.4 Å². The largest absolute Gasteiger partial charge is 0.486 e. The molecule has 1 aromatic carbocycles. The predicted molar refractivity (Wildman–Crippen MR) is 52.4 cm³/mol. The Labute approximate surface area is 85.2 Å². The van der Waals surface area contributed by atoms with Crippen LogP contribution in [-0.4, -0.2) is 17.3 Å². The van der Waals surface area contributed by atoms with Crippen molar-refractivity contribution in [3.05, 3.63) is 34.1 Å². The SMILES string of the molecule is O=[N+]([O-])c1cc(F)ccc1OCCS. The number of nitro groups is 1. The minimum Gasteiger partial charge on any atom is -0.486 e. The van der Waals surface area contributed by atoms with Crippen molar-refractivity contribution in [3.8, 4) is 5.75 Å². The Bertz CT molecular complexity index is 345. The van der Waals surface area contributed by atoms with Crippen LogP contribution in [0.1, 0.15) is 0 Å². The molecule has 1 rings (SSSR count). The summed E-state index contributed by atoms with van der Waals surface area (Å²) in [6, 6.07) is 3.17. The summed E-state index contributed by atoms with van der Waals surface area (Å²) in [6.07, 6.45) is 0. The molecule has 0 bridgehead atoms. The van der Waals surface area contributed by atoms with Gasteiger partial charge in [-0.3, -0.25) is 10.1 Å². The molecule has 0 aliphatic rings. The highest BCUT2D eigenvalue weighted by atomic mass is 32.1. The Balaban J connectivity index is 2.96. The van der Waals surface area contributed by atoms with Gasteiger partial charge in [0.2, 0.25) is 0 Å². The van der Waals surface area contributed by atoms with Crippen molar-refractivity contribution in [2.24, 2.45) is 0 Å². The van der Waals surface area contributed by atoms with Gasteiger partial charge in [0.1, 0.15) is 5.82 Å². The quantitative estimate of drug-likeness (QED) is 0.477. The second-order valence-corrected chi connectivity index (χ2v) is 2.89. The number of thiol groups is 1. The van der Waals surface area contributed by atoms with E-state index in [1.807, 2.05) is 0 Å². The highest BCUT2D eigenvalue weighted by Crippen LogP contribution is 2.27. The molecule has 0 amide bonds. The third-order valence-electron chi connectivity index (χ3n) is 1.47. The molecule has 0 N–H and O–H groups in total. The normalized spacial score (nSPS) is 9.86. The topological polar surface area (TPSA) is 52.4 Å². The highest BCUT2D eigenvalue weighted by molar-refractivity contribution is 7.80. The fraction of sp³-hybridized carbons (Fsp3) is 0.250. The first-order valence-corrected chi connectivity index (χ1v) is 4.46. The van der Waals surface area contributed by atoms with E-state index in [0.717, 1.165) is 12.1 Å².